The number of oxime groups is 1. The van der Waals surface area contributed by atoms with E-state index in [0.717, 1.165) is 11.8 Å². The Morgan fingerprint density at radius 2 is 2.19 bits per heavy atom. The molecule has 2 aromatic rings. The molecule has 0 aliphatic rings. The van der Waals surface area contributed by atoms with E-state index in [1.807, 2.05) is 0 Å². The molecule has 21 heavy (non-hydrogen) atoms. The van der Waals surface area contributed by atoms with Crippen molar-refractivity contribution >= 4 is 23.3 Å². The van der Waals surface area contributed by atoms with Crippen LogP contribution in [0.15, 0.2) is 51.5 Å². The van der Waals surface area contributed by atoms with Gasteiger partial charge in [-0.15, -0.1) is 0 Å². The summed E-state index contributed by atoms with van der Waals surface area (Å²) >= 11 is 1.10. The van der Waals surface area contributed by atoms with Crippen molar-refractivity contribution in [3.8, 4) is 0 Å². The minimum absolute atomic E-state index is 0.246. The Bertz CT molecular complexity index is 723. The lowest BCUT2D eigenvalue weighted by atomic mass is 10.3. The Balaban J connectivity index is 2.40. The normalized spacial score (nSPS) is 11.4. The van der Waals surface area contributed by atoms with Gasteiger partial charge < -0.3 is 10.9 Å². The number of amidine groups is 1. The van der Waals surface area contributed by atoms with Gasteiger partial charge in [-0.3, -0.25) is 10.1 Å². The summed E-state index contributed by atoms with van der Waals surface area (Å²) in [5, 5.41) is 22.6. The molecule has 7 nitrogen and oxygen atoms in total. The van der Waals surface area contributed by atoms with E-state index >= 15 is 0 Å². The minimum atomic E-state index is -0.684. The van der Waals surface area contributed by atoms with Crippen LogP contribution in [0.25, 0.3) is 0 Å². The summed E-state index contributed by atoms with van der Waals surface area (Å²) in [5.74, 6) is -0.873. The van der Waals surface area contributed by atoms with Gasteiger partial charge in [0.25, 0.3) is 5.69 Å². The third-order valence-electron chi connectivity index (χ3n) is 2.41. The fraction of sp³-hybridized carbons (Fsp3) is 0. The molecule has 1 aromatic heterocycles. The highest BCUT2D eigenvalue weighted by Gasteiger charge is 2.20. The number of benzene rings is 1. The van der Waals surface area contributed by atoms with Gasteiger partial charge in [0.1, 0.15) is 10.8 Å². The highest BCUT2D eigenvalue weighted by Crippen LogP contribution is 2.29. The molecule has 108 valence electrons. The van der Waals surface area contributed by atoms with Crippen LogP contribution in [0.4, 0.5) is 10.1 Å². The Hall–Kier alpha value is -2.68. The summed E-state index contributed by atoms with van der Waals surface area (Å²) in [7, 11) is 0. The first-order valence-electron chi connectivity index (χ1n) is 5.58. The van der Waals surface area contributed by atoms with Crippen molar-refractivity contribution in [1.29, 1.82) is 0 Å². The number of nitrogens with two attached hydrogens (primary N) is 1. The molecule has 0 unspecified atom stereocenters. The van der Waals surface area contributed by atoms with E-state index in [0.29, 0.717) is 9.92 Å². The molecule has 0 spiro atoms. The van der Waals surface area contributed by atoms with Gasteiger partial charge in [0.05, 0.1) is 4.92 Å². The van der Waals surface area contributed by atoms with Gasteiger partial charge in [-0.2, -0.15) is 0 Å². The number of pyridine rings is 1. The minimum Gasteiger partial charge on any atom is -0.409 e. The predicted molar refractivity (Wildman–Crippen MR) is 73.9 cm³/mol. The quantitative estimate of drug-likeness (QED) is 0.294. The highest BCUT2D eigenvalue weighted by molar-refractivity contribution is 7.99. The number of aromatic nitrogens is 1. The fourth-order valence-electron chi connectivity index (χ4n) is 1.53. The molecule has 0 aliphatic heterocycles. The molecule has 1 aromatic carbocycles. The van der Waals surface area contributed by atoms with E-state index in [1.165, 1.54) is 30.3 Å². The van der Waals surface area contributed by atoms with E-state index in [-0.39, 0.29) is 11.4 Å². The van der Waals surface area contributed by atoms with Crippen molar-refractivity contribution < 1.29 is 14.5 Å². The van der Waals surface area contributed by atoms with Gasteiger partial charge in [0.15, 0.2) is 11.5 Å². The second kappa shape index (κ2) is 6.18. The van der Waals surface area contributed by atoms with Crippen LogP contribution in [0.5, 0.6) is 0 Å². The molecular weight excluding hydrogens is 299 g/mol. The number of nitrogens with zero attached hydrogens (tertiary/aromatic N) is 3. The van der Waals surface area contributed by atoms with Crippen LogP contribution >= 0.6 is 11.8 Å². The van der Waals surface area contributed by atoms with E-state index < -0.39 is 16.6 Å². The second-order valence-corrected chi connectivity index (χ2v) is 4.91. The number of nitro groups is 1. The molecule has 9 heteroatoms. The molecule has 0 saturated heterocycles. The zero-order chi connectivity index (χ0) is 15.4. The van der Waals surface area contributed by atoms with Crippen LogP contribution in [-0.2, 0) is 0 Å². The van der Waals surface area contributed by atoms with Gasteiger partial charge in [-0.25, -0.2) is 9.37 Å². The van der Waals surface area contributed by atoms with Gasteiger partial charge in [-0.05, 0) is 24.3 Å². The van der Waals surface area contributed by atoms with E-state index in [9.17, 15) is 14.5 Å². The van der Waals surface area contributed by atoms with Crippen molar-refractivity contribution in [2.24, 2.45) is 10.9 Å². The largest absolute Gasteiger partial charge is 0.409 e. The van der Waals surface area contributed by atoms with Crippen LogP contribution in [-0.4, -0.2) is 21.0 Å². The topological polar surface area (TPSA) is 115 Å². The second-order valence-electron chi connectivity index (χ2n) is 3.82. The Morgan fingerprint density at radius 1 is 1.43 bits per heavy atom. The summed E-state index contributed by atoms with van der Waals surface area (Å²) in [4.78, 5) is 14.7. The van der Waals surface area contributed by atoms with Gasteiger partial charge in [0.2, 0.25) is 0 Å². The lowest BCUT2D eigenvalue weighted by Gasteiger charge is -2.04. The zero-order valence-electron chi connectivity index (χ0n) is 10.4. The number of rotatable bonds is 4. The SMILES string of the molecule is N/C(=N/O)c1nc(Sc2cccc(F)c2)ccc1[N+](=O)[O-]. The van der Waals surface area contributed by atoms with Crippen LogP contribution in [0, 0.1) is 15.9 Å². The van der Waals surface area contributed by atoms with Crippen molar-refractivity contribution in [2.45, 2.75) is 9.92 Å². The molecule has 0 amide bonds. The number of hydrogen-bond acceptors (Lipinski definition) is 6. The molecule has 0 fully saturated rings. The van der Waals surface area contributed by atoms with Crippen molar-refractivity contribution in [1.82, 2.24) is 4.98 Å². The molecule has 0 saturated carbocycles. The van der Waals surface area contributed by atoms with E-state index in [1.54, 1.807) is 6.07 Å². The molecule has 0 atom stereocenters. The van der Waals surface area contributed by atoms with E-state index in [2.05, 4.69) is 10.1 Å². The Morgan fingerprint density at radius 3 is 2.81 bits per heavy atom. The molecular formula is C12H9FN4O3S. The summed E-state index contributed by atoms with van der Waals surface area (Å²) in [5.41, 5.74) is 4.76. The molecule has 0 bridgehead atoms. The van der Waals surface area contributed by atoms with Crippen LogP contribution in [0.3, 0.4) is 0 Å². The molecule has 1 heterocycles. The van der Waals surface area contributed by atoms with Crippen LogP contribution in [0.1, 0.15) is 5.69 Å². The fourth-order valence-corrected chi connectivity index (χ4v) is 2.36. The molecule has 3 N–H and O–H groups in total. The Kier molecular flexibility index (Phi) is 4.33. The summed E-state index contributed by atoms with van der Waals surface area (Å²) < 4.78 is 13.1. The Labute approximate surface area is 122 Å². The maximum Gasteiger partial charge on any atom is 0.298 e. The lowest BCUT2D eigenvalue weighted by Crippen LogP contribution is -2.17. The maximum absolute atomic E-state index is 13.1. The molecule has 2 rings (SSSR count). The predicted octanol–water partition coefficient (Wildman–Crippen LogP) is 2.37. The average Bonchev–Trinajstić information content (AvgIpc) is 2.46. The first-order valence-corrected chi connectivity index (χ1v) is 6.39. The highest BCUT2D eigenvalue weighted by atomic mass is 32.2. The zero-order valence-corrected chi connectivity index (χ0v) is 11.2. The summed E-state index contributed by atoms with van der Waals surface area (Å²) in [6.07, 6.45) is 0. The van der Waals surface area contributed by atoms with Crippen molar-refractivity contribution in [3.63, 3.8) is 0 Å². The van der Waals surface area contributed by atoms with Gasteiger partial charge >= 0.3 is 0 Å². The van der Waals surface area contributed by atoms with Crippen LogP contribution in [0.2, 0.25) is 0 Å². The van der Waals surface area contributed by atoms with Crippen molar-refractivity contribution in [3.05, 3.63) is 58.0 Å². The third kappa shape index (κ3) is 3.45. The molecule has 0 aliphatic carbocycles. The maximum atomic E-state index is 13.1. The first-order chi connectivity index (χ1) is 10.0. The standard InChI is InChI=1S/C12H9FN4O3S/c13-7-2-1-3-8(6-7)21-10-5-4-9(17(19)20)11(15-10)12(14)16-18/h1-6,18H,(H2,14,16). The average molecular weight is 308 g/mol. The first kappa shape index (κ1) is 14.7. The smallest absolute Gasteiger partial charge is 0.298 e. The van der Waals surface area contributed by atoms with E-state index in [4.69, 9.17) is 10.9 Å². The monoisotopic (exact) mass is 308 g/mol. The summed E-state index contributed by atoms with van der Waals surface area (Å²) in [6.45, 7) is 0. The molecule has 0 radical (unpaired) electrons. The lowest BCUT2D eigenvalue weighted by molar-refractivity contribution is -0.385. The number of halogens is 1. The number of hydrogen-bond donors (Lipinski definition) is 2. The van der Waals surface area contributed by atoms with Gasteiger partial charge in [-0.1, -0.05) is 23.0 Å². The summed E-state index contributed by atoms with van der Waals surface area (Å²) in [6, 6.07) is 8.41. The van der Waals surface area contributed by atoms with Crippen molar-refractivity contribution in [2.75, 3.05) is 0 Å². The van der Waals surface area contributed by atoms with Gasteiger partial charge in [0, 0.05) is 11.0 Å². The third-order valence-corrected chi connectivity index (χ3v) is 3.34. The van der Waals surface area contributed by atoms with Crippen LogP contribution < -0.4 is 5.73 Å².